The van der Waals surface area contributed by atoms with E-state index in [1.807, 2.05) is 0 Å². The molecule has 2 fully saturated rings. The minimum absolute atomic E-state index is 0.170. The number of nitrogens with zero attached hydrogens (tertiary/aromatic N) is 1. The average molecular weight is 281 g/mol. The van der Waals surface area contributed by atoms with Gasteiger partial charge in [0.25, 0.3) is 0 Å². The maximum atomic E-state index is 12.0. The van der Waals surface area contributed by atoms with Gasteiger partial charge >= 0.3 is 0 Å². The molecule has 0 spiro atoms. The van der Waals surface area contributed by atoms with Gasteiger partial charge in [-0.05, 0) is 39.8 Å². The van der Waals surface area contributed by atoms with E-state index >= 15 is 0 Å². The van der Waals surface area contributed by atoms with Gasteiger partial charge in [0, 0.05) is 18.1 Å². The van der Waals surface area contributed by atoms with Crippen LogP contribution in [0.5, 0.6) is 0 Å². The zero-order valence-electron chi connectivity index (χ0n) is 13.2. The topological polar surface area (TPSA) is 44.4 Å². The van der Waals surface area contributed by atoms with E-state index in [0.717, 1.165) is 19.4 Å². The van der Waals surface area contributed by atoms with Crippen molar-refractivity contribution in [3.63, 3.8) is 0 Å². The lowest BCUT2D eigenvalue weighted by Gasteiger charge is -2.36. The van der Waals surface area contributed by atoms with E-state index in [4.69, 9.17) is 0 Å². The Bertz CT molecular complexity index is 305. The first-order valence-corrected chi connectivity index (χ1v) is 8.30. The van der Waals surface area contributed by atoms with Gasteiger partial charge in [0.1, 0.15) is 0 Å². The van der Waals surface area contributed by atoms with Gasteiger partial charge in [-0.1, -0.05) is 32.1 Å². The fraction of sp³-hybridized carbons (Fsp3) is 0.938. The predicted molar refractivity (Wildman–Crippen MR) is 82.8 cm³/mol. The molecule has 4 nitrogen and oxygen atoms in total. The minimum atomic E-state index is 0.170. The molecule has 0 heterocycles. The number of likely N-dealkylation sites (N-methyl/N-ethyl adjacent to an activating group) is 1. The second-order valence-electron chi connectivity index (χ2n) is 6.83. The lowest BCUT2D eigenvalue weighted by atomic mass is 9.95. The molecule has 0 aromatic carbocycles. The highest BCUT2D eigenvalue weighted by Gasteiger charge is 2.35. The number of hydrogen-bond acceptors (Lipinski definition) is 3. The van der Waals surface area contributed by atoms with Gasteiger partial charge in [0.15, 0.2) is 0 Å². The van der Waals surface area contributed by atoms with E-state index in [0.29, 0.717) is 12.6 Å². The van der Waals surface area contributed by atoms with Crippen molar-refractivity contribution in [3.8, 4) is 0 Å². The van der Waals surface area contributed by atoms with Crippen LogP contribution in [0.1, 0.15) is 57.8 Å². The SMILES string of the molecule is CN(C)C1(CNCC(=O)NC2CCCCC2)CCCC1. The van der Waals surface area contributed by atoms with Crippen molar-refractivity contribution >= 4 is 5.91 Å². The minimum Gasteiger partial charge on any atom is -0.352 e. The fourth-order valence-corrected chi connectivity index (χ4v) is 3.75. The second-order valence-corrected chi connectivity index (χ2v) is 6.83. The molecule has 2 N–H and O–H groups in total. The molecule has 0 atom stereocenters. The summed E-state index contributed by atoms with van der Waals surface area (Å²) in [6.45, 7) is 1.39. The van der Waals surface area contributed by atoms with E-state index < -0.39 is 0 Å². The summed E-state index contributed by atoms with van der Waals surface area (Å²) < 4.78 is 0. The summed E-state index contributed by atoms with van der Waals surface area (Å²) in [7, 11) is 4.32. The Morgan fingerprint density at radius 1 is 1.10 bits per heavy atom. The number of hydrogen-bond donors (Lipinski definition) is 2. The molecule has 2 aliphatic carbocycles. The zero-order valence-corrected chi connectivity index (χ0v) is 13.2. The quantitative estimate of drug-likeness (QED) is 0.781. The highest BCUT2D eigenvalue weighted by molar-refractivity contribution is 5.78. The molecule has 0 bridgehead atoms. The van der Waals surface area contributed by atoms with Crippen LogP contribution in [0.25, 0.3) is 0 Å². The maximum Gasteiger partial charge on any atom is 0.234 e. The third-order valence-corrected chi connectivity index (χ3v) is 5.19. The predicted octanol–water partition coefficient (Wildman–Crippen LogP) is 1.90. The molecule has 4 heteroatoms. The first-order valence-electron chi connectivity index (χ1n) is 8.30. The van der Waals surface area contributed by atoms with E-state index in [2.05, 4.69) is 29.6 Å². The Hall–Kier alpha value is -0.610. The van der Waals surface area contributed by atoms with Crippen molar-refractivity contribution in [2.75, 3.05) is 27.2 Å². The Kier molecular flexibility index (Phi) is 5.85. The normalized spacial score (nSPS) is 23.1. The smallest absolute Gasteiger partial charge is 0.234 e. The molecule has 1 amide bonds. The Morgan fingerprint density at radius 2 is 1.75 bits per heavy atom. The zero-order chi connectivity index (χ0) is 14.4. The van der Waals surface area contributed by atoms with Crippen LogP contribution >= 0.6 is 0 Å². The van der Waals surface area contributed by atoms with Crippen LogP contribution in [-0.4, -0.2) is 49.6 Å². The van der Waals surface area contributed by atoms with Crippen LogP contribution in [0.4, 0.5) is 0 Å². The molecule has 2 saturated carbocycles. The standard InChI is InChI=1S/C16H31N3O/c1-19(2)16(10-6-7-11-16)13-17-12-15(20)18-14-8-4-3-5-9-14/h14,17H,3-13H2,1-2H3,(H,18,20). The number of amides is 1. The molecular formula is C16H31N3O. The van der Waals surface area contributed by atoms with E-state index in [-0.39, 0.29) is 11.4 Å². The van der Waals surface area contributed by atoms with Gasteiger partial charge in [-0.3, -0.25) is 4.79 Å². The molecule has 0 radical (unpaired) electrons. The van der Waals surface area contributed by atoms with Crippen molar-refractivity contribution in [3.05, 3.63) is 0 Å². The highest BCUT2D eigenvalue weighted by Crippen LogP contribution is 2.32. The lowest BCUT2D eigenvalue weighted by Crippen LogP contribution is -2.51. The first kappa shape index (κ1) is 15.8. The summed E-state index contributed by atoms with van der Waals surface area (Å²) in [5.41, 5.74) is 0.269. The van der Waals surface area contributed by atoms with E-state index in [1.165, 1.54) is 44.9 Å². The molecule has 116 valence electrons. The summed E-state index contributed by atoms with van der Waals surface area (Å²) in [5, 5.41) is 6.56. The molecule has 0 aliphatic heterocycles. The van der Waals surface area contributed by atoms with Crippen LogP contribution in [0, 0.1) is 0 Å². The Balaban J connectivity index is 1.67. The molecular weight excluding hydrogens is 250 g/mol. The first-order chi connectivity index (χ1) is 9.62. The van der Waals surface area contributed by atoms with Crippen LogP contribution in [0.3, 0.4) is 0 Å². The summed E-state index contributed by atoms with van der Waals surface area (Å²) in [4.78, 5) is 14.3. The van der Waals surface area contributed by atoms with E-state index in [1.54, 1.807) is 0 Å². The fourth-order valence-electron chi connectivity index (χ4n) is 3.75. The highest BCUT2D eigenvalue weighted by atomic mass is 16.1. The Labute approximate surface area is 123 Å². The third kappa shape index (κ3) is 4.19. The van der Waals surface area contributed by atoms with Gasteiger partial charge in [0.05, 0.1) is 6.54 Å². The number of carbonyl (C=O) groups is 1. The summed E-state index contributed by atoms with van der Waals surface area (Å²) in [5.74, 6) is 0.170. The van der Waals surface area contributed by atoms with Crippen molar-refractivity contribution < 1.29 is 4.79 Å². The lowest BCUT2D eigenvalue weighted by molar-refractivity contribution is -0.121. The van der Waals surface area contributed by atoms with Gasteiger partial charge in [-0.25, -0.2) is 0 Å². The van der Waals surface area contributed by atoms with Crippen LogP contribution in [0.15, 0.2) is 0 Å². The number of rotatable bonds is 6. The summed E-state index contributed by atoms with van der Waals surface area (Å²) in [6, 6.07) is 0.423. The Morgan fingerprint density at radius 3 is 2.35 bits per heavy atom. The average Bonchev–Trinajstić information content (AvgIpc) is 2.90. The molecule has 0 saturated heterocycles. The van der Waals surface area contributed by atoms with E-state index in [9.17, 15) is 4.79 Å². The largest absolute Gasteiger partial charge is 0.352 e. The summed E-state index contributed by atoms with van der Waals surface area (Å²) >= 11 is 0. The van der Waals surface area contributed by atoms with Crippen molar-refractivity contribution in [2.45, 2.75) is 69.4 Å². The molecule has 0 aromatic rings. The van der Waals surface area contributed by atoms with Gasteiger partial charge in [-0.2, -0.15) is 0 Å². The van der Waals surface area contributed by atoms with Crippen LogP contribution in [0.2, 0.25) is 0 Å². The monoisotopic (exact) mass is 281 g/mol. The van der Waals surface area contributed by atoms with Crippen molar-refractivity contribution in [2.24, 2.45) is 0 Å². The molecule has 2 rings (SSSR count). The molecule has 2 aliphatic rings. The van der Waals surface area contributed by atoms with Crippen molar-refractivity contribution in [1.82, 2.24) is 15.5 Å². The van der Waals surface area contributed by atoms with Crippen LogP contribution < -0.4 is 10.6 Å². The van der Waals surface area contributed by atoms with Crippen LogP contribution in [-0.2, 0) is 4.79 Å². The van der Waals surface area contributed by atoms with Crippen molar-refractivity contribution in [1.29, 1.82) is 0 Å². The van der Waals surface area contributed by atoms with Gasteiger partial charge in [0.2, 0.25) is 5.91 Å². The number of carbonyl (C=O) groups excluding carboxylic acids is 1. The maximum absolute atomic E-state index is 12.0. The third-order valence-electron chi connectivity index (χ3n) is 5.19. The second kappa shape index (κ2) is 7.41. The molecule has 20 heavy (non-hydrogen) atoms. The van der Waals surface area contributed by atoms with Gasteiger partial charge < -0.3 is 15.5 Å². The number of nitrogens with one attached hydrogen (secondary N) is 2. The molecule has 0 aromatic heterocycles. The summed E-state index contributed by atoms with van der Waals surface area (Å²) in [6.07, 6.45) is 11.3. The van der Waals surface area contributed by atoms with Gasteiger partial charge in [-0.15, -0.1) is 0 Å². The molecule has 0 unspecified atom stereocenters.